The van der Waals surface area contributed by atoms with Gasteiger partial charge in [-0.1, -0.05) is 15.9 Å². The minimum atomic E-state index is -0.644. The average Bonchev–Trinajstić information content (AvgIpc) is 2.20. The Morgan fingerprint density at radius 3 is 2.93 bits per heavy atom. The second-order valence-electron chi connectivity index (χ2n) is 2.72. The van der Waals surface area contributed by atoms with Crippen molar-refractivity contribution < 1.29 is 4.74 Å². The van der Waals surface area contributed by atoms with E-state index in [1.54, 1.807) is 12.1 Å². The molecule has 0 aliphatic heterocycles. The molecule has 0 radical (unpaired) electrons. The maximum Gasteiger partial charge on any atom is 0.125 e. The van der Waals surface area contributed by atoms with Crippen LogP contribution in [0, 0.1) is 11.3 Å². The molecule has 0 saturated heterocycles. The highest BCUT2D eigenvalue weighted by atomic mass is 79.9. The Morgan fingerprint density at radius 2 is 2.36 bits per heavy atom. The first-order valence-electron chi connectivity index (χ1n) is 4.26. The van der Waals surface area contributed by atoms with E-state index in [-0.39, 0.29) is 0 Å². The van der Waals surface area contributed by atoms with Gasteiger partial charge in [-0.15, -0.1) is 0 Å². The highest BCUT2D eigenvalue weighted by Gasteiger charge is 2.11. The molecule has 0 aliphatic carbocycles. The maximum absolute atomic E-state index is 8.73. The minimum Gasteiger partial charge on any atom is -0.493 e. The predicted octanol–water partition coefficient (Wildman–Crippen LogP) is 2.37. The van der Waals surface area contributed by atoms with Crippen molar-refractivity contribution >= 4 is 15.9 Å². The summed E-state index contributed by atoms with van der Waals surface area (Å²) in [5.41, 5.74) is 6.34. The Labute approximate surface area is 91.6 Å². The van der Waals surface area contributed by atoms with Gasteiger partial charge in [0, 0.05) is 10.0 Å². The first-order chi connectivity index (χ1) is 6.69. The molecule has 0 heterocycles. The Balaban J connectivity index is 3.10. The van der Waals surface area contributed by atoms with E-state index in [2.05, 4.69) is 15.9 Å². The zero-order chi connectivity index (χ0) is 10.6. The number of nitrogens with zero attached hydrogens (tertiary/aromatic N) is 1. The zero-order valence-corrected chi connectivity index (χ0v) is 9.41. The maximum atomic E-state index is 8.73. The summed E-state index contributed by atoms with van der Waals surface area (Å²) in [6, 6.07) is 6.81. The van der Waals surface area contributed by atoms with Crippen molar-refractivity contribution in [1.29, 1.82) is 5.26 Å². The molecule has 0 unspecified atom stereocenters. The number of ether oxygens (including phenoxy) is 1. The van der Waals surface area contributed by atoms with Crippen LogP contribution in [0.5, 0.6) is 5.75 Å². The summed E-state index contributed by atoms with van der Waals surface area (Å²) >= 11 is 3.32. The van der Waals surface area contributed by atoms with E-state index >= 15 is 0 Å². The fraction of sp³-hybridized carbons (Fsp3) is 0.300. The molecular weight excluding hydrogens is 244 g/mol. The van der Waals surface area contributed by atoms with Crippen LogP contribution in [0.1, 0.15) is 18.5 Å². The van der Waals surface area contributed by atoms with Crippen molar-refractivity contribution in [3.8, 4) is 11.8 Å². The van der Waals surface area contributed by atoms with Crippen molar-refractivity contribution in [3.05, 3.63) is 28.2 Å². The summed E-state index contributed by atoms with van der Waals surface area (Å²) in [5.74, 6) is 0.671. The number of nitrogens with two attached hydrogens (primary N) is 1. The minimum absolute atomic E-state index is 0.562. The average molecular weight is 255 g/mol. The van der Waals surface area contributed by atoms with Gasteiger partial charge < -0.3 is 10.5 Å². The van der Waals surface area contributed by atoms with Crippen LogP contribution in [0.2, 0.25) is 0 Å². The molecule has 4 heteroatoms. The van der Waals surface area contributed by atoms with Crippen molar-refractivity contribution in [2.24, 2.45) is 5.73 Å². The summed E-state index contributed by atoms with van der Waals surface area (Å²) in [6.45, 7) is 2.45. The summed E-state index contributed by atoms with van der Waals surface area (Å²) in [5, 5.41) is 8.73. The van der Waals surface area contributed by atoms with Crippen LogP contribution in [-0.4, -0.2) is 6.61 Å². The van der Waals surface area contributed by atoms with Crippen LogP contribution >= 0.6 is 15.9 Å². The summed E-state index contributed by atoms with van der Waals surface area (Å²) < 4.78 is 6.25. The molecule has 0 saturated carbocycles. The Morgan fingerprint density at radius 1 is 1.64 bits per heavy atom. The highest BCUT2D eigenvalue weighted by Crippen LogP contribution is 2.27. The van der Waals surface area contributed by atoms with Gasteiger partial charge in [0.2, 0.25) is 0 Å². The van der Waals surface area contributed by atoms with E-state index in [1.165, 1.54) is 0 Å². The number of nitriles is 1. The molecule has 0 aliphatic rings. The first kappa shape index (κ1) is 11.0. The third-order valence-electron chi connectivity index (χ3n) is 1.75. The highest BCUT2D eigenvalue weighted by molar-refractivity contribution is 9.10. The van der Waals surface area contributed by atoms with Gasteiger partial charge in [-0.3, -0.25) is 0 Å². The van der Waals surface area contributed by atoms with Gasteiger partial charge in [0.15, 0.2) is 0 Å². The summed E-state index contributed by atoms with van der Waals surface area (Å²) in [7, 11) is 0. The van der Waals surface area contributed by atoms with E-state index in [1.807, 2.05) is 19.1 Å². The Bertz CT molecular complexity index is 360. The number of rotatable bonds is 3. The van der Waals surface area contributed by atoms with Crippen LogP contribution < -0.4 is 10.5 Å². The molecule has 3 nitrogen and oxygen atoms in total. The number of hydrogen-bond acceptors (Lipinski definition) is 3. The summed E-state index contributed by atoms with van der Waals surface area (Å²) in [6.07, 6.45) is 0. The van der Waals surface area contributed by atoms with Gasteiger partial charge in [0.1, 0.15) is 11.8 Å². The van der Waals surface area contributed by atoms with Crippen LogP contribution in [0.3, 0.4) is 0 Å². The fourth-order valence-corrected chi connectivity index (χ4v) is 1.50. The predicted molar refractivity (Wildman–Crippen MR) is 57.9 cm³/mol. The number of benzene rings is 1. The normalized spacial score (nSPS) is 11.9. The topological polar surface area (TPSA) is 59.0 Å². The molecule has 74 valence electrons. The van der Waals surface area contributed by atoms with Crippen LogP contribution in [0.15, 0.2) is 22.7 Å². The molecule has 14 heavy (non-hydrogen) atoms. The van der Waals surface area contributed by atoms with Crippen LogP contribution in [0.4, 0.5) is 0 Å². The number of hydrogen-bond donors (Lipinski definition) is 1. The van der Waals surface area contributed by atoms with Gasteiger partial charge in [-0.25, -0.2) is 0 Å². The lowest BCUT2D eigenvalue weighted by Gasteiger charge is -2.11. The molecule has 0 aromatic heterocycles. The smallest absolute Gasteiger partial charge is 0.125 e. The van der Waals surface area contributed by atoms with E-state index in [0.717, 1.165) is 4.47 Å². The third-order valence-corrected chi connectivity index (χ3v) is 2.24. The van der Waals surface area contributed by atoms with Gasteiger partial charge in [-0.05, 0) is 25.1 Å². The second kappa shape index (κ2) is 4.99. The second-order valence-corrected chi connectivity index (χ2v) is 3.64. The fourth-order valence-electron chi connectivity index (χ4n) is 1.12. The van der Waals surface area contributed by atoms with Crippen LogP contribution in [0.25, 0.3) is 0 Å². The Hall–Kier alpha value is -1.05. The lowest BCUT2D eigenvalue weighted by Crippen LogP contribution is -2.09. The number of halogens is 1. The summed E-state index contributed by atoms with van der Waals surface area (Å²) in [4.78, 5) is 0. The monoisotopic (exact) mass is 254 g/mol. The molecule has 0 bridgehead atoms. The largest absolute Gasteiger partial charge is 0.493 e. The van der Waals surface area contributed by atoms with Crippen molar-refractivity contribution in [3.63, 3.8) is 0 Å². The lowest BCUT2D eigenvalue weighted by molar-refractivity contribution is 0.335. The van der Waals surface area contributed by atoms with Gasteiger partial charge in [0.05, 0.1) is 12.7 Å². The van der Waals surface area contributed by atoms with Gasteiger partial charge in [-0.2, -0.15) is 5.26 Å². The molecule has 0 spiro atoms. The van der Waals surface area contributed by atoms with E-state index in [0.29, 0.717) is 17.9 Å². The molecule has 1 atom stereocenters. The molecule has 0 fully saturated rings. The standard InChI is InChI=1S/C10H11BrN2O/c1-2-14-10-4-3-7(11)5-8(10)9(13)6-12/h3-5,9H,2,13H2,1H3/t9-/m1/s1. The third kappa shape index (κ3) is 2.47. The molecule has 1 aromatic carbocycles. The first-order valence-corrected chi connectivity index (χ1v) is 5.05. The van der Waals surface area contributed by atoms with Gasteiger partial charge in [0.25, 0.3) is 0 Å². The van der Waals surface area contributed by atoms with Crippen molar-refractivity contribution in [2.45, 2.75) is 13.0 Å². The molecule has 1 rings (SSSR count). The van der Waals surface area contributed by atoms with Crippen LogP contribution in [-0.2, 0) is 0 Å². The molecular formula is C10H11BrN2O. The Kier molecular flexibility index (Phi) is 3.93. The van der Waals surface area contributed by atoms with E-state index in [9.17, 15) is 0 Å². The van der Waals surface area contributed by atoms with E-state index in [4.69, 9.17) is 15.7 Å². The van der Waals surface area contributed by atoms with Gasteiger partial charge >= 0.3 is 0 Å². The lowest BCUT2D eigenvalue weighted by atomic mass is 10.1. The SMILES string of the molecule is CCOc1ccc(Br)cc1[C@H](N)C#N. The van der Waals surface area contributed by atoms with Crippen molar-refractivity contribution in [2.75, 3.05) is 6.61 Å². The van der Waals surface area contributed by atoms with Crippen molar-refractivity contribution in [1.82, 2.24) is 0 Å². The molecule has 2 N–H and O–H groups in total. The quantitative estimate of drug-likeness (QED) is 0.901. The molecule has 1 aromatic rings. The molecule has 0 amide bonds. The van der Waals surface area contributed by atoms with E-state index < -0.39 is 6.04 Å². The zero-order valence-electron chi connectivity index (χ0n) is 7.83.